The smallest absolute Gasteiger partial charge is 0.341 e. The lowest BCUT2D eigenvalue weighted by atomic mass is 9.93. The van der Waals surface area contributed by atoms with E-state index in [-0.39, 0.29) is 36.3 Å². The van der Waals surface area contributed by atoms with E-state index in [0.29, 0.717) is 10.3 Å². The molecule has 1 saturated heterocycles. The number of aliphatic carboxylic acids is 1. The number of nitrogens with one attached hydrogen (secondary N) is 2. The number of ketones is 1. The Labute approximate surface area is 193 Å². The molecule has 5 rings (SSSR count). The van der Waals surface area contributed by atoms with Crippen molar-refractivity contribution in [2.45, 2.75) is 13.1 Å². The summed E-state index contributed by atoms with van der Waals surface area (Å²) in [7, 11) is 0. The van der Waals surface area contributed by atoms with Gasteiger partial charge in [-0.15, -0.1) is 21.5 Å². The number of carbonyl (C=O) groups excluding carboxylic acids is 2. The Bertz CT molecular complexity index is 1250. The summed E-state index contributed by atoms with van der Waals surface area (Å²) >= 11 is 2.51. The molecule has 0 aliphatic carbocycles. The maximum Gasteiger partial charge on any atom is 0.341 e. The molecule has 0 aromatic carbocycles. The molecule has 0 bridgehead atoms. The van der Waals surface area contributed by atoms with Gasteiger partial charge in [0, 0.05) is 36.4 Å². The van der Waals surface area contributed by atoms with Crippen LogP contribution in [0.15, 0.2) is 46.6 Å². The zero-order valence-corrected chi connectivity index (χ0v) is 18.6. The lowest BCUT2D eigenvalue weighted by molar-refractivity contribution is -0.134. The van der Waals surface area contributed by atoms with E-state index in [9.17, 15) is 23.9 Å². The number of carboxylic acid groups (broad SMARTS) is 1. The summed E-state index contributed by atoms with van der Waals surface area (Å²) in [4.78, 5) is 44.0. The highest BCUT2D eigenvalue weighted by atomic mass is 32.1. The van der Waals surface area contributed by atoms with Gasteiger partial charge in [-0.25, -0.2) is 14.2 Å². The molecule has 1 amide bonds. The summed E-state index contributed by atoms with van der Waals surface area (Å²) in [6, 6.07) is 0. The van der Waals surface area contributed by atoms with Gasteiger partial charge in [-0.1, -0.05) is 11.3 Å². The first kappa shape index (κ1) is 21.2. The molecule has 3 aliphatic rings. The Balaban J connectivity index is 1.35. The quantitative estimate of drug-likeness (QED) is 0.525. The second-order valence-corrected chi connectivity index (χ2v) is 9.51. The molecule has 1 fully saturated rings. The minimum atomic E-state index is -1.40. The lowest BCUT2D eigenvalue weighted by Crippen LogP contribution is -2.59. The van der Waals surface area contributed by atoms with Crippen LogP contribution in [-0.2, 0) is 14.4 Å². The lowest BCUT2D eigenvalue weighted by Gasteiger charge is -2.45. The second kappa shape index (κ2) is 8.04. The van der Waals surface area contributed by atoms with Crippen LogP contribution in [0.4, 0.5) is 14.7 Å². The number of carbonyl (C=O) groups is 3. The first-order chi connectivity index (χ1) is 15.8. The third-order valence-electron chi connectivity index (χ3n) is 5.32. The number of anilines is 2. The number of halogens is 1. The average molecular weight is 490 g/mol. The molecule has 170 valence electrons. The molecule has 1 atom stereocenters. The number of hydrogen-bond acceptors (Lipinski definition) is 11. The van der Waals surface area contributed by atoms with E-state index in [0.717, 1.165) is 11.1 Å². The fourth-order valence-corrected chi connectivity index (χ4v) is 4.92. The van der Waals surface area contributed by atoms with Gasteiger partial charge in [0.1, 0.15) is 22.6 Å². The Morgan fingerprint density at radius 1 is 1.33 bits per heavy atom. The van der Waals surface area contributed by atoms with Crippen molar-refractivity contribution >= 4 is 50.6 Å². The van der Waals surface area contributed by atoms with Crippen molar-refractivity contribution in [3.8, 4) is 0 Å². The second-order valence-electron chi connectivity index (χ2n) is 7.46. The van der Waals surface area contributed by atoms with Crippen molar-refractivity contribution in [3.63, 3.8) is 0 Å². The summed E-state index contributed by atoms with van der Waals surface area (Å²) in [6.07, 6.45) is 2.97. The van der Waals surface area contributed by atoms with Gasteiger partial charge in [-0.2, -0.15) is 0 Å². The highest BCUT2D eigenvalue weighted by Gasteiger charge is 2.43. The number of thiazole rings is 1. The van der Waals surface area contributed by atoms with Crippen molar-refractivity contribution in [2.24, 2.45) is 5.92 Å². The van der Waals surface area contributed by atoms with Crippen LogP contribution in [0.1, 0.15) is 5.01 Å². The molecule has 33 heavy (non-hydrogen) atoms. The fraction of sp³-hybridized carbons (Fsp3) is 0.263. The number of nitrogens with zero attached hydrogens (tertiary/aromatic N) is 5. The number of likely N-dealkylation sites (tertiary alicyclic amines) is 1. The zero-order valence-electron chi connectivity index (χ0n) is 17.0. The predicted octanol–water partition coefficient (Wildman–Crippen LogP) is 1.23. The third kappa shape index (κ3) is 3.76. The highest BCUT2D eigenvalue weighted by molar-refractivity contribution is 7.15. The Morgan fingerprint density at radius 3 is 2.76 bits per heavy atom. The minimum Gasteiger partial charge on any atom is -0.477 e. The molecule has 5 heterocycles. The summed E-state index contributed by atoms with van der Waals surface area (Å²) in [6.45, 7) is 2.30. The summed E-state index contributed by atoms with van der Waals surface area (Å²) in [5.41, 5.74) is -0.508. The molecule has 3 N–H and O–H groups in total. The van der Waals surface area contributed by atoms with Gasteiger partial charge in [-0.3, -0.25) is 14.5 Å². The summed E-state index contributed by atoms with van der Waals surface area (Å²) in [5, 5.41) is 26.1. The molecule has 2 aromatic rings. The highest BCUT2D eigenvalue weighted by Crippen LogP contribution is 2.35. The van der Waals surface area contributed by atoms with Gasteiger partial charge >= 0.3 is 5.97 Å². The van der Waals surface area contributed by atoms with Crippen molar-refractivity contribution in [1.29, 1.82) is 0 Å². The van der Waals surface area contributed by atoms with E-state index in [1.807, 2.05) is 0 Å². The molecule has 0 radical (unpaired) electrons. The number of hydrogen-bond donors (Lipinski definition) is 3. The maximum absolute atomic E-state index is 15.0. The number of rotatable bonds is 5. The molecule has 3 aliphatic heterocycles. The molecule has 0 saturated carbocycles. The molecule has 0 spiro atoms. The molecule has 14 heteroatoms. The van der Waals surface area contributed by atoms with E-state index in [2.05, 4.69) is 25.8 Å². The number of dihydropyridines is 1. The van der Waals surface area contributed by atoms with Crippen LogP contribution >= 0.6 is 22.7 Å². The van der Waals surface area contributed by atoms with E-state index in [1.54, 1.807) is 23.4 Å². The van der Waals surface area contributed by atoms with Crippen molar-refractivity contribution in [2.75, 3.05) is 23.3 Å². The van der Waals surface area contributed by atoms with Crippen molar-refractivity contribution < 1.29 is 23.9 Å². The first-order valence-corrected chi connectivity index (χ1v) is 11.4. The maximum atomic E-state index is 15.0. The van der Waals surface area contributed by atoms with Crippen LogP contribution in [-0.4, -0.2) is 62.1 Å². The van der Waals surface area contributed by atoms with E-state index >= 15 is 0 Å². The molecule has 1 unspecified atom stereocenters. The van der Waals surface area contributed by atoms with Crippen LogP contribution < -0.4 is 15.5 Å². The molecular weight excluding hydrogens is 473 g/mol. The van der Waals surface area contributed by atoms with Gasteiger partial charge in [0.2, 0.25) is 16.8 Å². The minimum absolute atomic E-state index is 0.0344. The van der Waals surface area contributed by atoms with Gasteiger partial charge in [-0.05, 0) is 13.0 Å². The van der Waals surface area contributed by atoms with Gasteiger partial charge in [0.15, 0.2) is 11.0 Å². The topological polar surface area (TPSA) is 141 Å². The molecule has 11 nitrogen and oxygen atoms in total. The van der Waals surface area contributed by atoms with Crippen molar-refractivity contribution in [3.05, 3.63) is 51.7 Å². The van der Waals surface area contributed by atoms with Gasteiger partial charge < -0.3 is 20.6 Å². The zero-order chi connectivity index (χ0) is 23.3. The van der Waals surface area contributed by atoms with E-state index in [1.165, 1.54) is 33.8 Å². The number of allylic oxidation sites excluding steroid dienone is 2. The monoisotopic (exact) mass is 489 g/mol. The number of fused-ring (bicyclic) bond motifs is 1. The van der Waals surface area contributed by atoms with E-state index in [4.69, 9.17) is 0 Å². The van der Waals surface area contributed by atoms with E-state index < -0.39 is 29.3 Å². The number of aromatic nitrogens is 3. The number of aryl methyl sites for hydroxylation is 1. The van der Waals surface area contributed by atoms with Crippen LogP contribution in [0.25, 0.3) is 0 Å². The first-order valence-electron chi connectivity index (χ1n) is 9.73. The molecule has 2 aromatic heterocycles. The van der Waals surface area contributed by atoms with Crippen LogP contribution in [0.2, 0.25) is 0 Å². The SMILES string of the molecule is Cc1nnc(NC(=O)C2CN(C3=C(F)C=C4C(=O)C(C(=O)O)=CN(c5nccs5)C4N3)C2)s1. The van der Waals surface area contributed by atoms with Crippen LogP contribution in [0, 0.1) is 12.8 Å². The largest absolute Gasteiger partial charge is 0.477 e. The predicted molar refractivity (Wildman–Crippen MR) is 117 cm³/mol. The number of carboxylic acids is 1. The Morgan fingerprint density at radius 2 is 2.12 bits per heavy atom. The Kier molecular flexibility index (Phi) is 5.17. The fourth-order valence-electron chi connectivity index (χ4n) is 3.68. The van der Waals surface area contributed by atoms with Gasteiger partial charge in [0.25, 0.3) is 0 Å². The standard InChI is InChI=1S/C19H16FN7O4S2/c1-8-24-25-18(33-8)23-16(29)9-5-26(6-9)15-12(20)4-10-13(28)11(17(30)31)7-27(14(10)22-15)19-21-2-3-32-19/h2-4,7,9,14,22H,5-6H2,1H3,(H,30,31)(H,23,25,29). The van der Waals surface area contributed by atoms with Crippen molar-refractivity contribution in [1.82, 2.24) is 25.4 Å². The van der Waals surface area contributed by atoms with Crippen LogP contribution in [0.3, 0.4) is 0 Å². The number of amides is 1. The normalized spacial score (nSPS) is 20.5. The third-order valence-corrected chi connectivity index (χ3v) is 6.86. The van der Waals surface area contributed by atoms with Crippen LogP contribution in [0.5, 0.6) is 0 Å². The Hall–Kier alpha value is -3.65. The average Bonchev–Trinajstić information content (AvgIpc) is 3.40. The van der Waals surface area contributed by atoms with Gasteiger partial charge in [0.05, 0.1) is 5.92 Å². The summed E-state index contributed by atoms with van der Waals surface area (Å²) in [5.74, 6) is -3.36. The summed E-state index contributed by atoms with van der Waals surface area (Å²) < 4.78 is 15.0. The molecular formula is C19H16FN7O4S2. The number of Topliss-reactive ketones (excluding diaryl/α,β-unsaturated/α-hetero) is 1.